The van der Waals surface area contributed by atoms with Crippen LogP contribution in [0, 0.1) is 11.2 Å². The number of benzene rings is 2. The van der Waals surface area contributed by atoms with Crippen LogP contribution in [0.15, 0.2) is 48.8 Å². The molecule has 0 atom stereocenters. The Morgan fingerprint density at radius 2 is 1.75 bits per heavy atom. The van der Waals surface area contributed by atoms with Gasteiger partial charge in [0.2, 0.25) is 5.95 Å². The molecule has 0 radical (unpaired) electrons. The molecule has 2 aromatic heterocycles. The van der Waals surface area contributed by atoms with Gasteiger partial charge in [-0.05, 0) is 55.7 Å². The molecule has 36 heavy (non-hydrogen) atoms. The van der Waals surface area contributed by atoms with Gasteiger partial charge in [-0.1, -0.05) is 6.07 Å². The van der Waals surface area contributed by atoms with Crippen LogP contribution in [0.4, 0.5) is 23.5 Å². The van der Waals surface area contributed by atoms with E-state index in [9.17, 15) is 27.5 Å². The molecule has 11 heteroatoms. The van der Waals surface area contributed by atoms with Crippen molar-refractivity contribution in [2.75, 3.05) is 18.0 Å². The molecule has 2 aromatic carbocycles. The molecule has 1 aliphatic heterocycles. The number of fused-ring (bicyclic) bond motifs is 1. The van der Waals surface area contributed by atoms with Gasteiger partial charge in [-0.3, -0.25) is 4.79 Å². The summed E-state index contributed by atoms with van der Waals surface area (Å²) < 4.78 is 53.9. The van der Waals surface area contributed by atoms with Crippen molar-refractivity contribution >= 4 is 23.0 Å². The van der Waals surface area contributed by atoms with Gasteiger partial charge in [0.05, 0.1) is 27.6 Å². The predicted octanol–water partition coefficient (Wildman–Crippen LogP) is 5.54. The molecule has 0 unspecified atom stereocenters. The summed E-state index contributed by atoms with van der Waals surface area (Å²) in [6.07, 6.45) is -0.376. The Morgan fingerprint density at radius 3 is 2.36 bits per heavy atom. The summed E-state index contributed by atoms with van der Waals surface area (Å²) in [5.74, 6) is -0.810. The zero-order chi connectivity index (χ0) is 25.7. The second-order valence-electron chi connectivity index (χ2n) is 9.13. The fourth-order valence-electron chi connectivity index (χ4n) is 4.25. The third kappa shape index (κ3) is 4.36. The van der Waals surface area contributed by atoms with Crippen LogP contribution in [-0.4, -0.2) is 44.1 Å². The van der Waals surface area contributed by atoms with Crippen LogP contribution in [0.3, 0.4) is 0 Å². The number of piperidine rings is 1. The monoisotopic (exact) mass is 499 g/mol. The lowest BCUT2D eigenvalue weighted by molar-refractivity contribution is -0.149. The number of imidazole rings is 1. The number of carbonyl (C=O) groups is 1. The molecule has 0 saturated carbocycles. The van der Waals surface area contributed by atoms with Crippen molar-refractivity contribution in [3.05, 3.63) is 60.2 Å². The smallest absolute Gasteiger partial charge is 0.416 e. The van der Waals surface area contributed by atoms with Gasteiger partial charge in [0.1, 0.15) is 11.6 Å². The van der Waals surface area contributed by atoms with Crippen LogP contribution in [0.2, 0.25) is 0 Å². The molecule has 1 fully saturated rings. The number of hydrogen-bond acceptors (Lipinski definition) is 5. The van der Waals surface area contributed by atoms with E-state index in [2.05, 4.69) is 19.9 Å². The number of nitrogens with one attached hydrogen (secondary N) is 1. The number of halogens is 4. The molecule has 7 nitrogen and oxygen atoms in total. The highest BCUT2D eigenvalue weighted by molar-refractivity contribution is 5.81. The first-order chi connectivity index (χ1) is 17.0. The van der Waals surface area contributed by atoms with Crippen molar-refractivity contribution in [1.82, 2.24) is 19.9 Å². The number of alkyl halides is 3. The van der Waals surface area contributed by atoms with Crippen molar-refractivity contribution in [3.63, 3.8) is 0 Å². The number of nitrogens with zero attached hydrogens (tertiary/aromatic N) is 4. The molecular formula is C25H21F4N5O2. The predicted molar refractivity (Wildman–Crippen MR) is 125 cm³/mol. The van der Waals surface area contributed by atoms with Gasteiger partial charge in [0.15, 0.2) is 0 Å². The highest BCUT2D eigenvalue weighted by Crippen LogP contribution is 2.34. The maximum absolute atomic E-state index is 15.0. The first kappa shape index (κ1) is 23.7. The maximum Gasteiger partial charge on any atom is 0.416 e. The summed E-state index contributed by atoms with van der Waals surface area (Å²) in [5.41, 5.74) is 0.114. The lowest BCUT2D eigenvalue weighted by Gasteiger charge is -2.36. The molecule has 0 spiro atoms. The van der Waals surface area contributed by atoms with Crippen molar-refractivity contribution < 1.29 is 27.5 Å². The standard InChI is InChI=1S/C25H21F4N5O2/c1-24(22(35)36)6-8-34(9-7-24)23-30-12-15(13-31-23)14-2-4-17(18(26)10-14)21-32-19-5-3-16(25(27,28)29)11-20(19)33-21/h2-5,10-13H,6-9H2,1H3,(H,32,33)(H,35,36). The number of H-pyrrole nitrogens is 1. The number of hydrogen-bond donors (Lipinski definition) is 2. The summed E-state index contributed by atoms with van der Waals surface area (Å²) in [4.78, 5) is 29.1. The molecule has 1 aliphatic rings. The van der Waals surface area contributed by atoms with E-state index in [4.69, 9.17) is 0 Å². The van der Waals surface area contributed by atoms with Gasteiger partial charge in [-0.2, -0.15) is 13.2 Å². The first-order valence-corrected chi connectivity index (χ1v) is 11.2. The Labute approximate surface area is 202 Å². The number of aliphatic carboxylic acids is 1. The molecule has 1 saturated heterocycles. The Hall–Kier alpha value is -4.02. The number of rotatable bonds is 4. The molecule has 186 valence electrons. The Kier molecular flexibility index (Phi) is 5.65. The minimum atomic E-state index is -4.49. The average molecular weight is 499 g/mol. The normalized spacial score (nSPS) is 15.9. The molecule has 0 bridgehead atoms. The Morgan fingerprint density at radius 1 is 1.06 bits per heavy atom. The Bertz CT molecular complexity index is 1440. The number of carboxylic acid groups (broad SMARTS) is 1. The van der Waals surface area contributed by atoms with Crippen LogP contribution in [0.25, 0.3) is 33.5 Å². The fourth-order valence-corrected chi connectivity index (χ4v) is 4.25. The van der Waals surface area contributed by atoms with Gasteiger partial charge in [-0.15, -0.1) is 0 Å². The number of aromatic nitrogens is 4. The fraction of sp³-hybridized carbons (Fsp3) is 0.280. The van der Waals surface area contributed by atoms with Gasteiger partial charge in [-0.25, -0.2) is 19.3 Å². The highest BCUT2D eigenvalue weighted by atomic mass is 19.4. The summed E-state index contributed by atoms with van der Waals surface area (Å²) >= 11 is 0. The highest BCUT2D eigenvalue weighted by Gasteiger charge is 2.37. The van der Waals surface area contributed by atoms with E-state index in [-0.39, 0.29) is 16.9 Å². The van der Waals surface area contributed by atoms with E-state index in [1.165, 1.54) is 18.2 Å². The van der Waals surface area contributed by atoms with Crippen LogP contribution in [0.5, 0.6) is 0 Å². The largest absolute Gasteiger partial charge is 0.481 e. The molecular weight excluding hydrogens is 478 g/mol. The zero-order valence-electron chi connectivity index (χ0n) is 19.1. The van der Waals surface area contributed by atoms with Crippen LogP contribution in [-0.2, 0) is 11.0 Å². The molecule has 3 heterocycles. The minimum absolute atomic E-state index is 0.121. The van der Waals surface area contributed by atoms with Crippen molar-refractivity contribution in [2.24, 2.45) is 5.41 Å². The van der Waals surface area contributed by atoms with E-state index in [1.807, 2.05) is 4.90 Å². The second kappa shape index (κ2) is 8.58. The molecule has 0 amide bonds. The quantitative estimate of drug-likeness (QED) is 0.358. The van der Waals surface area contributed by atoms with E-state index in [0.29, 0.717) is 48.5 Å². The van der Waals surface area contributed by atoms with Gasteiger partial charge >= 0.3 is 12.1 Å². The van der Waals surface area contributed by atoms with Gasteiger partial charge in [0, 0.05) is 31.0 Å². The van der Waals surface area contributed by atoms with E-state index >= 15 is 0 Å². The van der Waals surface area contributed by atoms with Crippen LogP contribution < -0.4 is 4.90 Å². The lowest BCUT2D eigenvalue weighted by atomic mass is 9.80. The van der Waals surface area contributed by atoms with Crippen LogP contribution in [0.1, 0.15) is 25.3 Å². The summed E-state index contributed by atoms with van der Waals surface area (Å²) in [6.45, 7) is 2.78. The molecule has 5 rings (SSSR count). The van der Waals surface area contributed by atoms with E-state index in [0.717, 1.165) is 12.1 Å². The number of carboxylic acids is 1. The van der Waals surface area contributed by atoms with Gasteiger partial charge < -0.3 is 15.0 Å². The van der Waals surface area contributed by atoms with Crippen molar-refractivity contribution in [3.8, 4) is 22.5 Å². The van der Waals surface area contributed by atoms with Crippen molar-refractivity contribution in [1.29, 1.82) is 0 Å². The second-order valence-corrected chi connectivity index (χ2v) is 9.13. The lowest BCUT2D eigenvalue weighted by Crippen LogP contribution is -2.43. The first-order valence-electron chi connectivity index (χ1n) is 11.2. The van der Waals surface area contributed by atoms with E-state index in [1.54, 1.807) is 25.4 Å². The zero-order valence-corrected chi connectivity index (χ0v) is 19.1. The summed E-state index contributed by atoms with van der Waals surface area (Å²) in [6, 6.07) is 7.57. The SMILES string of the molecule is CC1(C(=O)O)CCN(c2ncc(-c3ccc(-c4nc5ccc(C(F)(F)F)cc5[nH]4)c(F)c3)cn2)CC1. The molecule has 4 aromatic rings. The third-order valence-electron chi connectivity index (χ3n) is 6.67. The Balaban J connectivity index is 1.35. The average Bonchev–Trinajstić information content (AvgIpc) is 3.27. The maximum atomic E-state index is 15.0. The number of aromatic amines is 1. The minimum Gasteiger partial charge on any atom is -0.481 e. The van der Waals surface area contributed by atoms with Crippen LogP contribution >= 0.6 is 0 Å². The summed E-state index contributed by atoms with van der Waals surface area (Å²) in [7, 11) is 0. The number of anilines is 1. The molecule has 0 aliphatic carbocycles. The van der Waals surface area contributed by atoms with Crippen molar-refractivity contribution in [2.45, 2.75) is 25.9 Å². The third-order valence-corrected chi connectivity index (χ3v) is 6.67. The molecule has 2 N–H and O–H groups in total. The summed E-state index contributed by atoms with van der Waals surface area (Å²) in [5, 5.41) is 9.38. The van der Waals surface area contributed by atoms with Gasteiger partial charge in [0.25, 0.3) is 0 Å². The topological polar surface area (TPSA) is 95.0 Å². The van der Waals surface area contributed by atoms with E-state index < -0.39 is 28.9 Å².